The van der Waals surface area contributed by atoms with E-state index in [4.69, 9.17) is 0 Å². The van der Waals surface area contributed by atoms with Gasteiger partial charge in [0, 0.05) is 57.1 Å². The lowest BCUT2D eigenvalue weighted by atomic mass is 9.83. The van der Waals surface area contributed by atoms with Gasteiger partial charge in [-0.2, -0.15) is 5.10 Å². The highest BCUT2D eigenvalue weighted by molar-refractivity contribution is 5.01. The summed E-state index contributed by atoms with van der Waals surface area (Å²) in [6.45, 7) is 15.0. The molecule has 1 aromatic heterocycles. The Labute approximate surface area is 129 Å². The minimum Gasteiger partial charge on any atom is -0.311 e. The molecule has 0 bridgehead atoms. The van der Waals surface area contributed by atoms with E-state index in [0.29, 0.717) is 23.4 Å². The Morgan fingerprint density at radius 1 is 1.38 bits per heavy atom. The maximum absolute atomic E-state index is 4.27. The van der Waals surface area contributed by atoms with Crippen LogP contribution in [0.4, 0.5) is 0 Å². The fraction of sp³-hybridized carbons (Fsp3) is 0.824. The summed E-state index contributed by atoms with van der Waals surface area (Å²) in [5.74, 6) is 0.685. The van der Waals surface area contributed by atoms with E-state index in [-0.39, 0.29) is 0 Å². The van der Waals surface area contributed by atoms with Crippen molar-refractivity contribution < 1.29 is 0 Å². The molecule has 2 heterocycles. The number of aromatic nitrogens is 2. The number of nitrogens with zero attached hydrogens (tertiary/aromatic N) is 3. The molecule has 4 nitrogen and oxygen atoms in total. The number of hydrogen-bond acceptors (Lipinski definition) is 3. The van der Waals surface area contributed by atoms with Crippen LogP contribution in [0.5, 0.6) is 0 Å². The van der Waals surface area contributed by atoms with Crippen molar-refractivity contribution in [2.24, 2.45) is 18.4 Å². The Hall–Kier alpha value is -0.870. The monoisotopic (exact) mass is 292 g/mol. The molecule has 0 aliphatic carbocycles. The van der Waals surface area contributed by atoms with Gasteiger partial charge in [0.2, 0.25) is 0 Å². The first-order chi connectivity index (χ1) is 9.79. The van der Waals surface area contributed by atoms with Gasteiger partial charge < -0.3 is 5.32 Å². The number of piperazine rings is 1. The molecule has 0 saturated carbocycles. The molecule has 1 saturated heterocycles. The Bertz CT molecular complexity index is 444. The van der Waals surface area contributed by atoms with Gasteiger partial charge in [-0.15, -0.1) is 0 Å². The van der Waals surface area contributed by atoms with E-state index >= 15 is 0 Å². The Morgan fingerprint density at radius 2 is 2.10 bits per heavy atom. The van der Waals surface area contributed by atoms with Gasteiger partial charge in [0.25, 0.3) is 0 Å². The van der Waals surface area contributed by atoms with E-state index in [0.717, 1.165) is 26.1 Å². The van der Waals surface area contributed by atoms with Crippen LogP contribution in [0.15, 0.2) is 12.3 Å². The molecule has 0 spiro atoms. The lowest BCUT2D eigenvalue weighted by Crippen LogP contribution is -2.61. The number of hydrogen-bond donors (Lipinski definition) is 1. The van der Waals surface area contributed by atoms with Gasteiger partial charge in [-0.1, -0.05) is 34.6 Å². The molecular formula is C17H32N4. The smallest absolute Gasteiger partial charge is 0.0492 e. The van der Waals surface area contributed by atoms with Crippen molar-refractivity contribution in [2.45, 2.75) is 53.1 Å². The molecule has 2 atom stereocenters. The van der Waals surface area contributed by atoms with Gasteiger partial charge in [0.05, 0.1) is 0 Å². The topological polar surface area (TPSA) is 33.1 Å². The van der Waals surface area contributed by atoms with E-state index < -0.39 is 0 Å². The molecule has 1 N–H and O–H groups in total. The second-order valence-corrected chi connectivity index (χ2v) is 7.83. The normalized spacial score (nSPS) is 24.7. The molecule has 2 unspecified atom stereocenters. The molecule has 0 amide bonds. The largest absolute Gasteiger partial charge is 0.311 e. The lowest BCUT2D eigenvalue weighted by molar-refractivity contribution is 0.0639. The molecule has 1 aromatic rings. The lowest BCUT2D eigenvalue weighted by Gasteiger charge is -2.46. The Morgan fingerprint density at radius 3 is 2.62 bits per heavy atom. The van der Waals surface area contributed by atoms with Crippen molar-refractivity contribution in [3.8, 4) is 0 Å². The van der Waals surface area contributed by atoms with Crippen LogP contribution < -0.4 is 5.32 Å². The van der Waals surface area contributed by atoms with Gasteiger partial charge in [-0.3, -0.25) is 9.58 Å². The summed E-state index contributed by atoms with van der Waals surface area (Å²) < 4.78 is 1.99. The minimum atomic E-state index is 0.312. The van der Waals surface area contributed by atoms with Crippen LogP contribution in [0.2, 0.25) is 0 Å². The molecule has 4 heteroatoms. The Balaban J connectivity index is 2.02. The maximum atomic E-state index is 4.27. The van der Waals surface area contributed by atoms with Gasteiger partial charge in [-0.25, -0.2) is 0 Å². The van der Waals surface area contributed by atoms with Crippen LogP contribution in [-0.4, -0.2) is 46.4 Å². The second-order valence-electron chi connectivity index (χ2n) is 7.83. The van der Waals surface area contributed by atoms with Crippen molar-refractivity contribution in [3.05, 3.63) is 18.0 Å². The first kappa shape index (κ1) is 16.5. The highest BCUT2D eigenvalue weighted by Gasteiger charge is 2.34. The number of rotatable bonds is 4. The fourth-order valence-corrected chi connectivity index (χ4v) is 3.23. The quantitative estimate of drug-likeness (QED) is 0.924. The van der Waals surface area contributed by atoms with Crippen LogP contribution in [0.3, 0.4) is 0 Å². The summed E-state index contributed by atoms with van der Waals surface area (Å²) in [7, 11) is 2.03. The first-order valence-electron chi connectivity index (χ1n) is 8.23. The number of aryl methyl sites for hydroxylation is 1. The van der Waals surface area contributed by atoms with Gasteiger partial charge in [-0.05, 0) is 17.4 Å². The Kier molecular flexibility index (Phi) is 5.10. The van der Waals surface area contributed by atoms with Crippen LogP contribution in [0.1, 0.15) is 40.3 Å². The summed E-state index contributed by atoms with van der Waals surface area (Å²) in [6, 6.07) is 3.34. The minimum absolute atomic E-state index is 0.312. The second kappa shape index (κ2) is 6.49. The zero-order valence-electron chi connectivity index (χ0n) is 14.6. The van der Waals surface area contributed by atoms with E-state index in [1.165, 1.54) is 5.69 Å². The third-order valence-corrected chi connectivity index (χ3v) is 4.85. The molecule has 2 rings (SSSR count). The maximum Gasteiger partial charge on any atom is 0.0492 e. The third kappa shape index (κ3) is 4.07. The highest BCUT2D eigenvalue weighted by atomic mass is 15.3. The predicted molar refractivity (Wildman–Crippen MR) is 88.4 cm³/mol. The van der Waals surface area contributed by atoms with Crippen LogP contribution in [-0.2, 0) is 13.5 Å². The fourth-order valence-electron chi connectivity index (χ4n) is 3.23. The van der Waals surface area contributed by atoms with E-state index in [1.54, 1.807) is 0 Å². The summed E-state index contributed by atoms with van der Waals surface area (Å²) >= 11 is 0. The molecule has 120 valence electrons. The molecule has 1 aliphatic heterocycles. The molecular weight excluding hydrogens is 260 g/mol. The van der Waals surface area contributed by atoms with Crippen molar-refractivity contribution in [3.63, 3.8) is 0 Å². The zero-order valence-corrected chi connectivity index (χ0v) is 14.6. The van der Waals surface area contributed by atoms with E-state index in [2.05, 4.69) is 56.0 Å². The van der Waals surface area contributed by atoms with Gasteiger partial charge in [0.15, 0.2) is 0 Å². The molecule has 0 aromatic carbocycles. The SMILES string of the molecule is CC(C)C1CNC(C(C)(C)C)CN1CCc1ccnn1C. The third-order valence-electron chi connectivity index (χ3n) is 4.85. The standard InChI is InChI=1S/C17H32N4/c1-13(2)15-11-18-16(17(3,4)5)12-21(15)10-8-14-7-9-19-20(14)6/h7,9,13,15-16,18H,8,10-12H2,1-6H3. The molecule has 0 radical (unpaired) electrons. The van der Waals surface area contributed by atoms with Gasteiger partial charge >= 0.3 is 0 Å². The summed E-state index contributed by atoms with van der Waals surface area (Å²) in [4.78, 5) is 2.68. The van der Waals surface area contributed by atoms with Crippen LogP contribution >= 0.6 is 0 Å². The van der Waals surface area contributed by atoms with E-state index in [1.807, 2.05) is 17.9 Å². The summed E-state index contributed by atoms with van der Waals surface area (Å²) in [6.07, 6.45) is 2.97. The average Bonchev–Trinajstić information content (AvgIpc) is 2.80. The first-order valence-corrected chi connectivity index (χ1v) is 8.23. The van der Waals surface area contributed by atoms with Crippen molar-refractivity contribution >= 4 is 0 Å². The van der Waals surface area contributed by atoms with Crippen LogP contribution in [0.25, 0.3) is 0 Å². The molecule has 1 aliphatic rings. The summed E-state index contributed by atoms with van der Waals surface area (Å²) in [5.41, 5.74) is 1.63. The predicted octanol–water partition coefficient (Wildman–Crippen LogP) is 2.31. The van der Waals surface area contributed by atoms with Crippen molar-refractivity contribution in [1.82, 2.24) is 20.0 Å². The zero-order chi connectivity index (χ0) is 15.6. The van der Waals surface area contributed by atoms with Gasteiger partial charge in [0.1, 0.15) is 0 Å². The van der Waals surface area contributed by atoms with Crippen LogP contribution in [0, 0.1) is 11.3 Å². The summed E-state index contributed by atoms with van der Waals surface area (Å²) in [5, 5.41) is 8.04. The number of nitrogens with one attached hydrogen (secondary N) is 1. The van der Waals surface area contributed by atoms with Crippen molar-refractivity contribution in [1.29, 1.82) is 0 Å². The highest BCUT2D eigenvalue weighted by Crippen LogP contribution is 2.25. The van der Waals surface area contributed by atoms with Crippen molar-refractivity contribution in [2.75, 3.05) is 19.6 Å². The molecule has 1 fully saturated rings. The van der Waals surface area contributed by atoms with E-state index in [9.17, 15) is 0 Å². The molecule has 21 heavy (non-hydrogen) atoms. The average molecular weight is 292 g/mol.